The van der Waals surface area contributed by atoms with Gasteiger partial charge in [-0.3, -0.25) is 9.78 Å². The summed E-state index contributed by atoms with van der Waals surface area (Å²) >= 11 is 0. The number of rotatable bonds is 3. The standard InChI is InChI=1S/C12H16N2O3/c1-9-6-10(2-4-13-9)11(15)14-7-12(16)3-5-17-8-12/h2,4,6,16H,3,5,7-8H2,1H3,(H,14,15). The molecule has 1 aromatic rings. The number of aliphatic hydroxyl groups is 1. The number of carbonyl (C=O) groups is 1. The number of aryl methyl sites for hydroxylation is 1. The van der Waals surface area contributed by atoms with Crippen LogP contribution in [0.4, 0.5) is 0 Å². The van der Waals surface area contributed by atoms with E-state index < -0.39 is 5.60 Å². The molecule has 17 heavy (non-hydrogen) atoms. The summed E-state index contributed by atoms with van der Waals surface area (Å²) in [6.07, 6.45) is 2.15. The number of hydrogen-bond donors (Lipinski definition) is 2. The van der Waals surface area contributed by atoms with Gasteiger partial charge >= 0.3 is 0 Å². The Balaban J connectivity index is 1.93. The zero-order valence-electron chi connectivity index (χ0n) is 9.77. The summed E-state index contributed by atoms with van der Waals surface area (Å²) in [7, 11) is 0. The van der Waals surface area contributed by atoms with Gasteiger partial charge in [0.05, 0.1) is 6.61 Å². The third-order valence-electron chi connectivity index (χ3n) is 2.82. The van der Waals surface area contributed by atoms with Crippen LogP contribution in [0.1, 0.15) is 22.5 Å². The highest BCUT2D eigenvalue weighted by Crippen LogP contribution is 2.17. The maximum absolute atomic E-state index is 11.8. The van der Waals surface area contributed by atoms with Gasteiger partial charge in [0.2, 0.25) is 0 Å². The van der Waals surface area contributed by atoms with Crippen molar-refractivity contribution in [1.29, 1.82) is 0 Å². The Morgan fingerprint density at radius 1 is 1.71 bits per heavy atom. The van der Waals surface area contributed by atoms with E-state index in [9.17, 15) is 9.90 Å². The molecule has 1 aromatic heterocycles. The van der Waals surface area contributed by atoms with Gasteiger partial charge in [-0.15, -0.1) is 0 Å². The molecule has 5 nitrogen and oxygen atoms in total. The maximum Gasteiger partial charge on any atom is 0.251 e. The van der Waals surface area contributed by atoms with Crippen molar-refractivity contribution in [1.82, 2.24) is 10.3 Å². The molecule has 0 aromatic carbocycles. The van der Waals surface area contributed by atoms with Crippen LogP contribution in [0.25, 0.3) is 0 Å². The molecule has 0 radical (unpaired) electrons. The van der Waals surface area contributed by atoms with Gasteiger partial charge in [0.25, 0.3) is 5.91 Å². The number of amides is 1. The highest BCUT2D eigenvalue weighted by molar-refractivity contribution is 5.94. The van der Waals surface area contributed by atoms with Crippen LogP contribution in [0.3, 0.4) is 0 Å². The second kappa shape index (κ2) is 4.81. The van der Waals surface area contributed by atoms with E-state index in [1.54, 1.807) is 18.3 Å². The minimum atomic E-state index is -0.919. The molecule has 92 valence electrons. The molecule has 1 amide bonds. The molecule has 1 saturated heterocycles. The van der Waals surface area contributed by atoms with E-state index in [0.29, 0.717) is 18.6 Å². The van der Waals surface area contributed by atoms with Crippen molar-refractivity contribution in [2.75, 3.05) is 19.8 Å². The van der Waals surface area contributed by atoms with Crippen LogP contribution in [0, 0.1) is 6.92 Å². The van der Waals surface area contributed by atoms with E-state index in [4.69, 9.17) is 4.74 Å². The lowest BCUT2D eigenvalue weighted by Crippen LogP contribution is -2.43. The fourth-order valence-corrected chi connectivity index (χ4v) is 1.77. The zero-order chi connectivity index (χ0) is 12.3. The lowest BCUT2D eigenvalue weighted by molar-refractivity contribution is 0.0264. The van der Waals surface area contributed by atoms with Gasteiger partial charge in [0, 0.05) is 37.0 Å². The Labute approximate surface area is 99.8 Å². The molecule has 1 atom stereocenters. The fraction of sp³-hybridized carbons (Fsp3) is 0.500. The summed E-state index contributed by atoms with van der Waals surface area (Å²) in [6, 6.07) is 3.36. The summed E-state index contributed by atoms with van der Waals surface area (Å²) < 4.78 is 5.11. The van der Waals surface area contributed by atoms with Crippen molar-refractivity contribution >= 4 is 5.91 Å². The largest absolute Gasteiger partial charge is 0.386 e. The molecule has 1 aliphatic rings. The number of carbonyl (C=O) groups excluding carboxylic acids is 1. The minimum Gasteiger partial charge on any atom is -0.386 e. The molecule has 2 heterocycles. The van der Waals surface area contributed by atoms with Crippen LogP contribution in [0.2, 0.25) is 0 Å². The molecule has 0 saturated carbocycles. The summed E-state index contributed by atoms with van der Waals surface area (Å²) in [5, 5.41) is 12.7. The fourth-order valence-electron chi connectivity index (χ4n) is 1.77. The highest BCUT2D eigenvalue weighted by Gasteiger charge is 2.32. The van der Waals surface area contributed by atoms with E-state index in [0.717, 1.165) is 5.69 Å². The molecule has 0 bridgehead atoms. The number of ether oxygens (including phenoxy) is 1. The first kappa shape index (κ1) is 12.0. The topological polar surface area (TPSA) is 71.5 Å². The summed E-state index contributed by atoms with van der Waals surface area (Å²) in [5.41, 5.74) is 0.429. The molecule has 2 N–H and O–H groups in total. The van der Waals surface area contributed by atoms with Crippen LogP contribution in [0.15, 0.2) is 18.3 Å². The van der Waals surface area contributed by atoms with Gasteiger partial charge in [-0.25, -0.2) is 0 Å². The third kappa shape index (κ3) is 3.01. The summed E-state index contributed by atoms with van der Waals surface area (Å²) in [6.45, 7) is 2.87. The van der Waals surface area contributed by atoms with Crippen LogP contribution < -0.4 is 5.32 Å². The average molecular weight is 236 g/mol. The Kier molecular flexibility index (Phi) is 3.40. The normalized spacial score (nSPS) is 23.6. The SMILES string of the molecule is Cc1cc(C(=O)NCC2(O)CCOC2)ccn1. The molecule has 1 fully saturated rings. The van der Waals surface area contributed by atoms with Gasteiger partial charge in [-0.1, -0.05) is 0 Å². The van der Waals surface area contributed by atoms with Gasteiger partial charge in [-0.05, 0) is 19.1 Å². The van der Waals surface area contributed by atoms with Gasteiger partial charge in [0.1, 0.15) is 5.60 Å². The molecule has 0 spiro atoms. The molecule has 0 aliphatic carbocycles. The van der Waals surface area contributed by atoms with Crippen molar-refractivity contribution in [3.63, 3.8) is 0 Å². The van der Waals surface area contributed by atoms with E-state index in [2.05, 4.69) is 10.3 Å². The quantitative estimate of drug-likeness (QED) is 0.790. The van der Waals surface area contributed by atoms with Crippen molar-refractivity contribution < 1.29 is 14.6 Å². The number of pyridine rings is 1. The van der Waals surface area contributed by atoms with E-state index >= 15 is 0 Å². The third-order valence-corrected chi connectivity index (χ3v) is 2.82. The molecule has 5 heteroatoms. The van der Waals surface area contributed by atoms with Crippen LogP contribution in [0.5, 0.6) is 0 Å². The Hall–Kier alpha value is -1.46. The predicted octanol–water partition coefficient (Wildman–Crippen LogP) is 0.271. The zero-order valence-corrected chi connectivity index (χ0v) is 9.77. The Morgan fingerprint density at radius 2 is 2.53 bits per heavy atom. The number of nitrogens with one attached hydrogen (secondary N) is 1. The lowest BCUT2D eigenvalue weighted by Gasteiger charge is -2.20. The van der Waals surface area contributed by atoms with Crippen LogP contribution in [-0.2, 0) is 4.74 Å². The smallest absolute Gasteiger partial charge is 0.251 e. The maximum atomic E-state index is 11.8. The first-order valence-corrected chi connectivity index (χ1v) is 5.60. The number of aromatic nitrogens is 1. The first-order chi connectivity index (χ1) is 8.09. The second-order valence-corrected chi connectivity index (χ2v) is 4.40. The van der Waals surface area contributed by atoms with Crippen molar-refractivity contribution in [2.45, 2.75) is 18.9 Å². The van der Waals surface area contributed by atoms with Crippen LogP contribution in [-0.4, -0.2) is 41.4 Å². The Morgan fingerprint density at radius 3 is 3.18 bits per heavy atom. The minimum absolute atomic E-state index is 0.198. The number of nitrogens with zero attached hydrogens (tertiary/aromatic N) is 1. The van der Waals surface area contributed by atoms with E-state index in [1.165, 1.54) is 0 Å². The van der Waals surface area contributed by atoms with Crippen LogP contribution >= 0.6 is 0 Å². The lowest BCUT2D eigenvalue weighted by atomic mass is 10.0. The van der Waals surface area contributed by atoms with E-state index in [-0.39, 0.29) is 19.1 Å². The first-order valence-electron chi connectivity index (χ1n) is 5.60. The van der Waals surface area contributed by atoms with Crippen molar-refractivity contribution in [3.8, 4) is 0 Å². The molecular formula is C12H16N2O3. The molecular weight excluding hydrogens is 220 g/mol. The molecule has 2 rings (SSSR count). The second-order valence-electron chi connectivity index (χ2n) is 4.40. The average Bonchev–Trinajstić information content (AvgIpc) is 2.74. The monoisotopic (exact) mass is 236 g/mol. The van der Waals surface area contributed by atoms with E-state index in [1.807, 2.05) is 6.92 Å². The number of hydrogen-bond acceptors (Lipinski definition) is 4. The van der Waals surface area contributed by atoms with Crippen molar-refractivity contribution in [2.24, 2.45) is 0 Å². The molecule has 1 aliphatic heterocycles. The summed E-state index contributed by atoms with van der Waals surface area (Å²) in [4.78, 5) is 15.8. The molecule has 1 unspecified atom stereocenters. The predicted molar refractivity (Wildman–Crippen MR) is 61.7 cm³/mol. The van der Waals surface area contributed by atoms with Crippen molar-refractivity contribution in [3.05, 3.63) is 29.6 Å². The van der Waals surface area contributed by atoms with Gasteiger partial charge < -0.3 is 15.2 Å². The van der Waals surface area contributed by atoms with Gasteiger partial charge in [-0.2, -0.15) is 0 Å². The highest BCUT2D eigenvalue weighted by atomic mass is 16.5. The summed E-state index contributed by atoms with van der Waals surface area (Å²) in [5.74, 6) is -0.198. The Bertz CT molecular complexity index is 414. The van der Waals surface area contributed by atoms with Gasteiger partial charge in [0.15, 0.2) is 0 Å².